The highest BCUT2D eigenvalue weighted by molar-refractivity contribution is 9.10. The van der Waals surface area contributed by atoms with Gasteiger partial charge in [0.1, 0.15) is 5.75 Å². The lowest BCUT2D eigenvalue weighted by Gasteiger charge is -2.09. The Morgan fingerprint density at radius 3 is 2.56 bits per heavy atom. The Bertz CT molecular complexity index is 753. The second kappa shape index (κ2) is 9.29. The lowest BCUT2D eigenvalue weighted by atomic mass is 10.2. The van der Waals surface area contributed by atoms with Crippen LogP contribution >= 0.6 is 27.5 Å². The van der Waals surface area contributed by atoms with Crippen LogP contribution in [0.2, 0.25) is 5.02 Å². The van der Waals surface area contributed by atoms with E-state index in [1.165, 1.54) is 0 Å². The van der Waals surface area contributed by atoms with E-state index in [2.05, 4.69) is 26.6 Å². The van der Waals surface area contributed by atoms with E-state index in [1.54, 1.807) is 36.4 Å². The normalized spacial score (nSPS) is 10.2. The molecule has 6 nitrogen and oxygen atoms in total. The number of hydrogen-bond donors (Lipinski definition) is 3. The summed E-state index contributed by atoms with van der Waals surface area (Å²) in [5.74, 6) is 0.0863. The van der Waals surface area contributed by atoms with E-state index in [1.807, 2.05) is 6.07 Å². The summed E-state index contributed by atoms with van der Waals surface area (Å²) in [5, 5.41) is 5.34. The molecule has 2 aromatic rings. The standard InChI is InChI=1S/C17H17BrClN3O3/c18-12-4-7-15(14(19)10-12)25-9-1-8-21-17(24)22-16(23)11-2-5-13(20)6-3-11/h2-7,10H,1,8-9,20H2,(H2,21,22,23,24). The molecule has 0 aromatic heterocycles. The molecule has 0 atom stereocenters. The van der Waals surface area contributed by atoms with Gasteiger partial charge in [-0.2, -0.15) is 0 Å². The molecule has 0 aliphatic heterocycles. The lowest BCUT2D eigenvalue weighted by molar-refractivity contribution is 0.0964. The summed E-state index contributed by atoms with van der Waals surface area (Å²) in [5.41, 5.74) is 6.45. The van der Waals surface area contributed by atoms with Crippen LogP contribution < -0.4 is 21.1 Å². The van der Waals surface area contributed by atoms with Crippen molar-refractivity contribution in [1.82, 2.24) is 10.6 Å². The minimum Gasteiger partial charge on any atom is -0.492 e. The van der Waals surface area contributed by atoms with E-state index in [-0.39, 0.29) is 0 Å². The minimum absolute atomic E-state index is 0.356. The van der Waals surface area contributed by atoms with Gasteiger partial charge < -0.3 is 15.8 Å². The molecule has 0 heterocycles. The molecule has 0 aliphatic carbocycles. The summed E-state index contributed by atoms with van der Waals surface area (Å²) in [6.45, 7) is 0.739. The maximum Gasteiger partial charge on any atom is 0.321 e. The molecule has 3 amide bonds. The van der Waals surface area contributed by atoms with Gasteiger partial charge >= 0.3 is 6.03 Å². The number of nitrogens with one attached hydrogen (secondary N) is 2. The Morgan fingerprint density at radius 1 is 1.16 bits per heavy atom. The van der Waals surface area contributed by atoms with Gasteiger partial charge in [0.25, 0.3) is 5.91 Å². The number of carbonyl (C=O) groups excluding carboxylic acids is 2. The van der Waals surface area contributed by atoms with Crippen LogP contribution in [0.1, 0.15) is 16.8 Å². The van der Waals surface area contributed by atoms with Crippen molar-refractivity contribution in [1.29, 1.82) is 0 Å². The number of hydrogen-bond acceptors (Lipinski definition) is 4. The van der Waals surface area contributed by atoms with Crippen LogP contribution in [-0.4, -0.2) is 25.1 Å². The van der Waals surface area contributed by atoms with Crippen LogP contribution in [0.15, 0.2) is 46.9 Å². The third-order valence-electron chi connectivity index (χ3n) is 3.16. The van der Waals surface area contributed by atoms with E-state index in [0.29, 0.717) is 41.6 Å². The molecule has 0 unspecified atom stereocenters. The Kier molecular flexibility index (Phi) is 7.09. The SMILES string of the molecule is Nc1ccc(C(=O)NC(=O)NCCCOc2ccc(Br)cc2Cl)cc1. The predicted molar refractivity (Wildman–Crippen MR) is 101 cm³/mol. The number of carbonyl (C=O) groups is 2. The summed E-state index contributed by atoms with van der Waals surface area (Å²) in [6, 6.07) is 11.1. The molecular weight excluding hydrogens is 410 g/mol. The van der Waals surface area contributed by atoms with Crippen molar-refractivity contribution in [2.24, 2.45) is 0 Å². The summed E-state index contributed by atoms with van der Waals surface area (Å²) < 4.78 is 6.40. The summed E-state index contributed by atoms with van der Waals surface area (Å²) >= 11 is 9.35. The smallest absolute Gasteiger partial charge is 0.321 e. The average molecular weight is 427 g/mol. The van der Waals surface area contributed by atoms with E-state index in [4.69, 9.17) is 22.1 Å². The molecule has 0 fully saturated rings. The van der Waals surface area contributed by atoms with Gasteiger partial charge in [-0.1, -0.05) is 27.5 Å². The molecule has 0 aliphatic rings. The number of benzene rings is 2. The number of halogens is 2. The molecule has 0 radical (unpaired) electrons. The maximum atomic E-state index is 11.8. The third-order valence-corrected chi connectivity index (χ3v) is 3.95. The van der Waals surface area contributed by atoms with Crippen LogP contribution in [0.4, 0.5) is 10.5 Å². The topological polar surface area (TPSA) is 93.5 Å². The number of imide groups is 1. The third kappa shape index (κ3) is 6.28. The van der Waals surface area contributed by atoms with Crippen LogP contribution in [0, 0.1) is 0 Å². The first kappa shape index (κ1) is 19.1. The lowest BCUT2D eigenvalue weighted by Crippen LogP contribution is -2.40. The fourth-order valence-electron chi connectivity index (χ4n) is 1.90. The largest absolute Gasteiger partial charge is 0.492 e. The van der Waals surface area contributed by atoms with E-state index < -0.39 is 11.9 Å². The molecule has 0 spiro atoms. The van der Waals surface area contributed by atoms with Crippen molar-refractivity contribution in [3.8, 4) is 5.75 Å². The zero-order valence-electron chi connectivity index (χ0n) is 13.2. The van der Waals surface area contributed by atoms with Crippen LogP contribution in [0.3, 0.4) is 0 Å². The number of rotatable bonds is 6. The molecular formula is C17H17BrClN3O3. The molecule has 132 valence electrons. The zero-order chi connectivity index (χ0) is 18.2. The first-order valence-electron chi connectivity index (χ1n) is 7.48. The van der Waals surface area contributed by atoms with Gasteiger partial charge in [-0.05, 0) is 48.9 Å². The summed E-state index contributed by atoms with van der Waals surface area (Å²) in [4.78, 5) is 23.5. The van der Waals surface area contributed by atoms with Crippen LogP contribution in [0.5, 0.6) is 5.75 Å². The Balaban J connectivity index is 1.66. The molecule has 25 heavy (non-hydrogen) atoms. The van der Waals surface area contributed by atoms with Gasteiger partial charge in [-0.25, -0.2) is 4.79 Å². The average Bonchev–Trinajstić information content (AvgIpc) is 2.56. The molecule has 4 N–H and O–H groups in total. The van der Waals surface area contributed by atoms with Crippen molar-refractivity contribution >= 4 is 45.2 Å². The van der Waals surface area contributed by atoms with Gasteiger partial charge in [-0.3, -0.25) is 10.1 Å². The van der Waals surface area contributed by atoms with E-state index >= 15 is 0 Å². The Labute approximate surface area is 158 Å². The minimum atomic E-state index is -0.566. The van der Waals surface area contributed by atoms with Crippen molar-refractivity contribution in [3.05, 3.63) is 57.5 Å². The highest BCUT2D eigenvalue weighted by Gasteiger charge is 2.09. The zero-order valence-corrected chi connectivity index (χ0v) is 15.6. The molecule has 0 bridgehead atoms. The first-order chi connectivity index (χ1) is 12.0. The number of nitrogens with two attached hydrogens (primary N) is 1. The van der Waals surface area contributed by atoms with Gasteiger partial charge in [0.15, 0.2) is 0 Å². The maximum absolute atomic E-state index is 11.8. The quantitative estimate of drug-likeness (QED) is 0.486. The van der Waals surface area contributed by atoms with Crippen molar-refractivity contribution in [3.63, 3.8) is 0 Å². The number of anilines is 1. The fourth-order valence-corrected chi connectivity index (χ4v) is 2.63. The van der Waals surface area contributed by atoms with Crippen molar-refractivity contribution in [2.75, 3.05) is 18.9 Å². The summed E-state index contributed by atoms with van der Waals surface area (Å²) in [6.07, 6.45) is 0.565. The van der Waals surface area contributed by atoms with Gasteiger partial charge in [0, 0.05) is 22.3 Å². The monoisotopic (exact) mass is 425 g/mol. The number of nitrogen functional groups attached to an aromatic ring is 1. The molecule has 2 aromatic carbocycles. The van der Waals surface area contributed by atoms with Gasteiger partial charge in [-0.15, -0.1) is 0 Å². The van der Waals surface area contributed by atoms with Crippen LogP contribution in [0.25, 0.3) is 0 Å². The molecule has 0 saturated heterocycles. The number of urea groups is 1. The number of ether oxygens (including phenoxy) is 1. The van der Waals surface area contributed by atoms with Crippen LogP contribution in [-0.2, 0) is 0 Å². The summed E-state index contributed by atoms with van der Waals surface area (Å²) in [7, 11) is 0. The fraction of sp³-hybridized carbons (Fsp3) is 0.176. The van der Waals surface area contributed by atoms with Gasteiger partial charge in [0.2, 0.25) is 0 Å². The highest BCUT2D eigenvalue weighted by Crippen LogP contribution is 2.27. The van der Waals surface area contributed by atoms with E-state index in [9.17, 15) is 9.59 Å². The Morgan fingerprint density at radius 2 is 1.88 bits per heavy atom. The van der Waals surface area contributed by atoms with Crippen molar-refractivity contribution < 1.29 is 14.3 Å². The first-order valence-corrected chi connectivity index (χ1v) is 8.65. The highest BCUT2D eigenvalue weighted by atomic mass is 79.9. The second-order valence-corrected chi connectivity index (χ2v) is 6.43. The molecule has 2 rings (SSSR count). The molecule has 0 saturated carbocycles. The van der Waals surface area contributed by atoms with Crippen molar-refractivity contribution in [2.45, 2.75) is 6.42 Å². The van der Waals surface area contributed by atoms with E-state index in [0.717, 1.165) is 4.47 Å². The van der Waals surface area contributed by atoms with Gasteiger partial charge in [0.05, 0.1) is 11.6 Å². The molecule has 8 heteroatoms. The Hall–Kier alpha value is -2.25. The second-order valence-electron chi connectivity index (χ2n) is 5.11. The predicted octanol–water partition coefficient (Wildman–Crippen LogP) is 3.59. The number of amides is 3.